The second-order valence-corrected chi connectivity index (χ2v) is 13.6. The quantitative estimate of drug-likeness (QED) is 0.494. The summed E-state index contributed by atoms with van der Waals surface area (Å²) in [6.07, 6.45) is 12.0. The molecule has 7 nitrogen and oxygen atoms in total. The number of hydrogen-bond acceptors (Lipinski definition) is 6. The molecular weight excluding hydrogens is 474 g/mol. The van der Waals surface area contributed by atoms with Crippen LogP contribution in [0.1, 0.15) is 87.4 Å². The highest BCUT2D eigenvalue weighted by atomic mass is 32.2. The van der Waals surface area contributed by atoms with E-state index in [1.165, 1.54) is 19.3 Å². The number of pyridine rings is 1. The highest BCUT2D eigenvalue weighted by Crippen LogP contribution is 2.55. The number of carboxylic acids is 1. The van der Waals surface area contributed by atoms with Gasteiger partial charge in [-0.2, -0.15) is 0 Å². The van der Waals surface area contributed by atoms with E-state index in [0.717, 1.165) is 68.8 Å². The van der Waals surface area contributed by atoms with Crippen molar-refractivity contribution in [3.05, 3.63) is 17.7 Å². The lowest BCUT2D eigenvalue weighted by Gasteiger charge is -2.58. The van der Waals surface area contributed by atoms with Gasteiger partial charge in [0.15, 0.2) is 0 Å². The predicted octanol–water partition coefficient (Wildman–Crippen LogP) is 4.48. The van der Waals surface area contributed by atoms with Gasteiger partial charge in [0.05, 0.1) is 11.2 Å². The Bertz CT molecular complexity index is 997. The Morgan fingerprint density at radius 1 is 1.08 bits per heavy atom. The smallest absolute Gasteiger partial charge is 0.303 e. The summed E-state index contributed by atoms with van der Waals surface area (Å²) in [5.41, 5.74) is 0.167. The minimum Gasteiger partial charge on any atom is -0.481 e. The highest BCUT2D eigenvalue weighted by Gasteiger charge is 2.55. The molecule has 4 bridgehead atoms. The number of thioether (sulfide) groups is 1. The summed E-state index contributed by atoms with van der Waals surface area (Å²) in [4.78, 5) is 32.0. The molecule has 196 valence electrons. The number of carbonyl (C=O) groups is 2. The molecule has 1 saturated heterocycles. The van der Waals surface area contributed by atoms with E-state index in [1.54, 1.807) is 11.8 Å². The lowest BCUT2D eigenvalue weighted by atomic mass is 9.52. The average molecular weight is 514 g/mol. The van der Waals surface area contributed by atoms with Gasteiger partial charge >= 0.3 is 5.97 Å². The summed E-state index contributed by atoms with van der Waals surface area (Å²) in [5.74, 6) is 1.60. The fourth-order valence-electron chi connectivity index (χ4n) is 8.11. The van der Waals surface area contributed by atoms with Crippen molar-refractivity contribution < 1.29 is 19.8 Å². The first-order chi connectivity index (χ1) is 17.3. The van der Waals surface area contributed by atoms with Crippen LogP contribution in [0.2, 0.25) is 0 Å². The van der Waals surface area contributed by atoms with Crippen LogP contribution in [0.5, 0.6) is 0 Å². The van der Waals surface area contributed by atoms with Crippen LogP contribution in [-0.2, 0) is 4.79 Å². The average Bonchev–Trinajstić information content (AvgIpc) is 3.29. The molecule has 1 aromatic rings. The van der Waals surface area contributed by atoms with Crippen LogP contribution in [0.15, 0.2) is 17.2 Å². The summed E-state index contributed by atoms with van der Waals surface area (Å²) in [6, 6.07) is 4.04. The first-order valence-corrected chi connectivity index (χ1v) is 14.9. The Balaban J connectivity index is 1.21. The van der Waals surface area contributed by atoms with E-state index in [1.807, 2.05) is 12.1 Å². The van der Waals surface area contributed by atoms with Crippen LogP contribution in [-0.4, -0.2) is 57.1 Å². The van der Waals surface area contributed by atoms with Crippen LogP contribution in [0.25, 0.3) is 0 Å². The first-order valence-electron chi connectivity index (χ1n) is 14.0. The van der Waals surface area contributed by atoms with Crippen LogP contribution < -0.4 is 10.2 Å². The number of rotatable bonds is 7. The van der Waals surface area contributed by atoms with Gasteiger partial charge in [0.2, 0.25) is 0 Å². The number of nitrogens with zero attached hydrogens (tertiary/aromatic N) is 2. The Hall–Kier alpha value is -1.80. The molecule has 7 rings (SSSR count). The number of carbonyl (C=O) groups excluding carboxylic acids is 1. The Kier molecular flexibility index (Phi) is 6.69. The SMILES string of the molecule is O=C(O)C[C@H]1CCN(c2ccc(C(=O)N[C@H]3C4CC5CC3C[C@](O)(C5)C4)c(SC3CCCCC3)n2)C1. The molecule has 0 aromatic carbocycles. The Morgan fingerprint density at radius 2 is 1.83 bits per heavy atom. The fourth-order valence-corrected chi connectivity index (χ4v) is 9.43. The molecule has 1 amide bonds. The third-order valence-electron chi connectivity index (χ3n) is 9.53. The monoisotopic (exact) mass is 513 g/mol. The fraction of sp³-hybridized carbons (Fsp3) is 0.750. The number of aliphatic carboxylic acids is 1. The number of carboxylic acid groups (broad SMARTS) is 1. The third-order valence-corrected chi connectivity index (χ3v) is 10.9. The van der Waals surface area contributed by atoms with Crippen molar-refractivity contribution in [1.29, 1.82) is 0 Å². The van der Waals surface area contributed by atoms with Gasteiger partial charge in [-0.05, 0) is 87.2 Å². The number of nitrogens with one attached hydrogen (secondary N) is 1. The van der Waals surface area contributed by atoms with Crippen molar-refractivity contribution >= 4 is 29.5 Å². The number of amides is 1. The molecule has 1 aromatic heterocycles. The molecule has 8 heteroatoms. The summed E-state index contributed by atoms with van der Waals surface area (Å²) in [6.45, 7) is 1.51. The minimum atomic E-state index is -0.743. The number of aliphatic hydroxyl groups is 1. The van der Waals surface area contributed by atoms with Crippen molar-refractivity contribution in [2.24, 2.45) is 23.7 Å². The summed E-state index contributed by atoms with van der Waals surface area (Å²) >= 11 is 1.76. The minimum absolute atomic E-state index is 0.0259. The number of aromatic nitrogens is 1. The maximum Gasteiger partial charge on any atom is 0.303 e. The summed E-state index contributed by atoms with van der Waals surface area (Å²) in [5, 5.41) is 24.8. The molecule has 3 N–H and O–H groups in total. The zero-order valence-electron chi connectivity index (χ0n) is 21.0. The molecule has 5 saturated carbocycles. The topological polar surface area (TPSA) is 103 Å². The molecule has 3 atom stereocenters. The largest absolute Gasteiger partial charge is 0.481 e. The molecule has 0 spiro atoms. The maximum absolute atomic E-state index is 13.7. The zero-order chi connectivity index (χ0) is 24.9. The van der Waals surface area contributed by atoms with Gasteiger partial charge < -0.3 is 20.4 Å². The van der Waals surface area contributed by atoms with E-state index >= 15 is 0 Å². The molecule has 2 heterocycles. The van der Waals surface area contributed by atoms with E-state index in [4.69, 9.17) is 4.98 Å². The van der Waals surface area contributed by atoms with Crippen molar-refractivity contribution in [2.45, 2.75) is 99.0 Å². The van der Waals surface area contributed by atoms with Gasteiger partial charge in [-0.1, -0.05) is 19.3 Å². The molecule has 5 aliphatic carbocycles. The van der Waals surface area contributed by atoms with Crippen LogP contribution in [0, 0.1) is 23.7 Å². The third kappa shape index (κ3) is 5.00. The molecule has 1 aliphatic heterocycles. The predicted molar refractivity (Wildman–Crippen MR) is 139 cm³/mol. The molecule has 2 unspecified atom stereocenters. The lowest BCUT2D eigenvalue weighted by molar-refractivity contribution is -0.138. The zero-order valence-corrected chi connectivity index (χ0v) is 21.8. The van der Waals surface area contributed by atoms with Crippen LogP contribution >= 0.6 is 11.8 Å². The molecule has 0 radical (unpaired) electrons. The summed E-state index contributed by atoms with van der Waals surface area (Å²) in [7, 11) is 0. The number of anilines is 1. The molecular formula is C28H39N3O4S. The van der Waals surface area contributed by atoms with Crippen LogP contribution in [0.3, 0.4) is 0 Å². The van der Waals surface area contributed by atoms with Crippen molar-refractivity contribution in [3.8, 4) is 0 Å². The van der Waals surface area contributed by atoms with Gasteiger partial charge in [-0.15, -0.1) is 11.8 Å². The van der Waals surface area contributed by atoms with Gasteiger partial charge in [0.25, 0.3) is 5.91 Å². The normalized spacial score (nSPS) is 35.8. The second kappa shape index (κ2) is 9.82. The van der Waals surface area contributed by atoms with Gasteiger partial charge in [-0.25, -0.2) is 4.98 Å². The van der Waals surface area contributed by atoms with E-state index < -0.39 is 11.6 Å². The van der Waals surface area contributed by atoms with Gasteiger partial charge in [0, 0.05) is 30.8 Å². The van der Waals surface area contributed by atoms with Crippen molar-refractivity contribution in [1.82, 2.24) is 10.3 Å². The van der Waals surface area contributed by atoms with Crippen LogP contribution in [0.4, 0.5) is 5.82 Å². The van der Waals surface area contributed by atoms with E-state index in [9.17, 15) is 19.8 Å². The summed E-state index contributed by atoms with van der Waals surface area (Å²) < 4.78 is 0. The van der Waals surface area contributed by atoms with E-state index in [2.05, 4.69) is 10.2 Å². The van der Waals surface area contributed by atoms with Crippen molar-refractivity contribution in [2.75, 3.05) is 18.0 Å². The number of hydrogen-bond donors (Lipinski definition) is 3. The van der Waals surface area contributed by atoms with Gasteiger partial charge in [0.1, 0.15) is 10.8 Å². The van der Waals surface area contributed by atoms with E-state index in [-0.39, 0.29) is 24.3 Å². The maximum atomic E-state index is 13.7. The van der Waals surface area contributed by atoms with Crippen molar-refractivity contribution in [3.63, 3.8) is 0 Å². The highest BCUT2D eigenvalue weighted by molar-refractivity contribution is 7.99. The Labute approximate surface area is 217 Å². The standard InChI is InChI=1S/C28H39N3O4S/c32-24(33)12-17-8-9-31(16-17)23-7-6-22(27(29-23)36-21-4-2-1-3-5-21)26(34)30-25-19-10-18-11-20(25)15-28(35,13-18)14-19/h6-7,17-21,25,35H,1-5,8-16H2,(H,30,34)(H,32,33)/t17-,18?,19?,20?,25-,28-/m1/s1. The lowest BCUT2D eigenvalue weighted by Crippen LogP contribution is -2.61. The Morgan fingerprint density at radius 3 is 2.53 bits per heavy atom. The first kappa shape index (κ1) is 24.5. The second-order valence-electron chi connectivity index (χ2n) is 12.3. The van der Waals surface area contributed by atoms with E-state index in [0.29, 0.717) is 35.1 Å². The van der Waals surface area contributed by atoms with Gasteiger partial charge in [-0.3, -0.25) is 9.59 Å². The molecule has 6 aliphatic rings. The molecule has 36 heavy (non-hydrogen) atoms. The molecule has 6 fully saturated rings.